The molecule has 80 valence electrons. The molecule has 6 heteroatoms. The maximum absolute atomic E-state index is 10.6. The number of amides is 1. The van der Waals surface area contributed by atoms with Gasteiger partial charge >= 0.3 is 0 Å². The van der Waals surface area contributed by atoms with E-state index in [1.54, 1.807) is 12.1 Å². The zero-order valence-corrected chi connectivity index (χ0v) is 9.23. The monoisotopic (exact) mass is 272 g/mol. The maximum atomic E-state index is 10.6. The fraction of sp³-hybridized carbons (Fsp3) is 0.111. The third kappa shape index (κ3) is 3.69. The Bertz CT molecular complexity index is 393. The number of benzene rings is 1. The molecule has 0 fully saturated rings. The topological polar surface area (TPSA) is 81.9 Å². The summed E-state index contributed by atoms with van der Waals surface area (Å²) in [7, 11) is 0. The molecule has 0 aliphatic carbocycles. The van der Waals surface area contributed by atoms with Crippen LogP contribution in [0.15, 0.2) is 27.8 Å². The number of nitrogens with one attached hydrogen (secondary N) is 1. The van der Waals surface area contributed by atoms with Gasteiger partial charge in [-0.2, -0.15) is 5.10 Å². The van der Waals surface area contributed by atoms with Crippen molar-refractivity contribution in [2.24, 2.45) is 5.10 Å². The fourth-order valence-electron chi connectivity index (χ4n) is 0.838. The van der Waals surface area contributed by atoms with Gasteiger partial charge in [-0.05, 0) is 18.2 Å². The zero-order chi connectivity index (χ0) is 11.3. The molecule has 0 radical (unpaired) electrons. The van der Waals surface area contributed by atoms with Gasteiger partial charge in [0.1, 0.15) is 12.4 Å². The SMILES string of the molecule is O=C(CO)NN=Cc1cc(Br)ccc1O. The van der Waals surface area contributed by atoms with Gasteiger partial charge in [0, 0.05) is 10.0 Å². The third-order valence-electron chi connectivity index (χ3n) is 1.53. The molecule has 15 heavy (non-hydrogen) atoms. The second-order valence-electron chi connectivity index (χ2n) is 2.65. The van der Waals surface area contributed by atoms with Gasteiger partial charge in [0.05, 0.1) is 6.21 Å². The highest BCUT2D eigenvalue weighted by atomic mass is 79.9. The van der Waals surface area contributed by atoms with Crippen LogP contribution < -0.4 is 5.43 Å². The number of hydrogen-bond acceptors (Lipinski definition) is 4. The van der Waals surface area contributed by atoms with Gasteiger partial charge in [-0.3, -0.25) is 4.79 Å². The molecule has 1 aromatic rings. The number of aliphatic hydroxyl groups is 1. The molecule has 0 aliphatic heterocycles. The number of hydrazone groups is 1. The molecule has 3 N–H and O–H groups in total. The summed E-state index contributed by atoms with van der Waals surface area (Å²) in [5, 5.41) is 21.3. The molecule has 0 saturated heterocycles. The van der Waals surface area contributed by atoms with Crippen molar-refractivity contribution in [3.8, 4) is 5.75 Å². The van der Waals surface area contributed by atoms with Crippen molar-refractivity contribution in [3.05, 3.63) is 28.2 Å². The van der Waals surface area contributed by atoms with Crippen LogP contribution in [0, 0.1) is 0 Å². The maximum Gasteiger partial charge on any atom is 0.265 e. The Labute approximate surface area is 94.6 Å². The van der Waals surface area contributed by atoms with Crippen LogP contribution in [-0.4, -0.2) is 28.9 Å². The normalized spacial score (nSPS) is 10.5. The van der Waals surface area contributed by atoms with Gasteiger partial charge in [0.2, 0.25) is 0 Å². The van der Waals surface area contributed by atoms with Gasteiger partial charge in [-0.1, -0.05) is 15.9 Å². The van der Waals surface area contributed by atoms with Crippen molar-refractivity contribution in [2.75, 3.05) is 6.61 Å². The van der Waals surface area contributed by atoms with Crippen molar-refractivity contribution in [1.82, 2.24) is 5.43 Å². The van der Waals surface area contributed by atoms with Crippen LogP contribution in [0.5, 0.6) is 5.75 Å². The number of phenolic OH excluding ortho intramolecular Hbond substituents is 1. The predicted octanol–water partition coefficient (Wildman–Crippen LogP) is 0.597. The number of aromatic hydroxyl groups is 1. The van der Waals surface area contributed by atoms with Gasteiger partial charge in [-0.15, -0.1) is 0 Å². The van der Waals surface area contributed by atoms with Crippen LogP contribution in [0.3, 0.4) is 0 Å². The molecule has 0 spiro atoms. The molecule has 0 aliphatic rings. The van der Waals surface area contributed by atoms with E-state index in [0.29, 0.717) is 5.56 Å². The van der Waals surface area contributed by atoms with E-state index >= 15 is 0 Å². The minimum atomic E-state index is -0.623. The molecule has 1 rings (SSSR count). The van der Waals surface area contributed by atoms with Crippen LogP contribution in [0.4, 0.5) is 0 Å². The lowest BCUT2D eigenvalue weighted by Crippen LogP contribution is -2.20. The van der Waals surface area contributed by atoms with E-state index in [-0.39, 0.29) is 5.75 Å². The average Bonchev–Trinajstić information content (AvgIpc) is 2.23. The molecular formula is C9H9BrN2O3. The summed E-state index contributed by atoms with van der Waals surface area (Å²) in [6, 6.07) is 4.82. The highest BCUT2D eigenvalue weighted by molar-refractivity contribution is 9.10. The highest BCUT2D eigenvalue weighted by Gasteiger charge is 1.99. The van der Waals surface area contributed by atoms with E-state index in [1.165, 1.54) is 12.3 Å². The zero-order valence-electron chi connectivity index (χ0n) is 7.64. The summed E-state index contributed by atoms with van der Waals surface area (Å²) in [6.07, 6.45) is 1.29. The summed E-state index contributed by atoms with van der Waals surface area (Å²) in [6.45, 7) is -0.623. The van der Waals surface area contributed by atoms with Gasteiger partial charge in [0.15, 0.2) is 0 Å². The summed E-state index contributed by atoms with van der Waals surface area (Å²) < 4.78 is 0.787. The fourth-order valence-corrected chi connectivity index (χ4v) is 1.22. The van der Waals surface area contributed by atoms with E-state index in [4.69, 9.17) is 5.11 Å². The van der Waals surface area contributed by atoms with Crippen LogP contribution in [-0.2, 0) is 4.79 Å². The molecular weight excluding hydrogens is 264 g/mol. The number of nitrogens with zero attached hydrogens (tertiary/aromatic N) is 1. The first-order valence-corrected chi connectivity index (χ1v) is 4.84. The minimum absolute atomic E-state index is 0.0557. The van der Waals surface area contributed by atoms with Crippen LogP contribution in [0.25, 0.3) is 0 Å². The summed E-state index contributed by atoms with van der Waals surface area (Å²) in [5.41, 5.74) is 2.54. The summed E-state index contributed by atoms with van der Waals surface area (Å²) in [5.74, 6) is -0.555. The first-order chi connectivity index (χ1) is 7.13. The number of rotatable bonds is 3. The van der Waals surface area contributed by atoms with E-state index in [1.807, 2.05) is 0 Å². The Kier molecular flexibility index (Phi) is 4.26. The Balaban J connectivity index is 2.71. The second kappa shape index (κ2) is 5.47. The lowest BCUT2D eigenvalue weighted by atomic mass is 10.2. The Morgan fingerprint density at radius 2 is 2.33 bits per heavy atom. The smallest absolute Gasteiger partial charge is 0.265 e. The largest absolute Gasteiger partial charge is 0.507 e. The van der Waals surface area contributed by atoms with Crippen molar-refractivity contribution in [2.45, 2.75) is 0 Å². The Morgan fingerprint density at radius 3 is 3.00 bits per heavy atom. The standard InChI is InChI=1S/C9H9BrN2O3/c10-7-1-2-8(14)6(3-7)4-11-12-9(15)5-13/h1-4,13-14H,5H2,(H,12,15). The number of carbonyl (C=O) groups is 1. The molecule has 1 aromatic carbocycles. The van der Waals surface area contributed by atoms with E-state index < -0.39 is 12.5 Å². The minimum Gasteiger partial charge on any atom is -0.507 e. The number of halogens is 1. The Morgan fingerprint density at radius 1 is 1.60 bits per heavy atom. The van der Waals surface area contributed by atoms with Gasteiger partial charge < -0.3 is 10.2 Å². The van der Waals surface area contributed by atoms with Crippen molar-refractivity contribution in [1.29, 1.82) is 0 Å². The first kappa shape index (κ1) is 11.7. The Hall–Kier alpha value is -1.40. The van der Waals surface area contributed by atoms with E-state index in [2.05, 4.69) is 26.5 Å². The van der Waals surface area contributed by atoms with Crippen LogP contribution >= 0.6 is 15.9 Å². The summed E-state index contributed by atoms with van der Waals surface area (Å²) in [4.78, 5) is 10.6. The predicted molar refractivity (Wildman–Crippen MR) is 58.6 cm³/mol. The molecule has 0 atom stereocenters. The number of carbonyl (C=O) groups excluding carboxylic acids is 1. The third-order valence-corrected chi connectivity index (χ3v) is 2.02. The molecule has 0 unspecified atom stereocenters. The number of hydrogen-bond donors (Lipinski definition) is 3. The first-order valence-electron chi connectivity index (χ1n) is 4.05. The summed E-state index contributed by atoms with van der Waals surface area (Å²) >= 11 is 3.23. The molecule has 0 aromatic heterocycles. The van der Waals surface area contributed by atoms with E-state index in [9.17, 15) is 9.90 Å². The number of phenols is 1. The molecule has 0 bridgehead atoms. The van der Waals surface area contributed by atoms with Crippen LogP contribution in [0.1, 0.15) is 5.56 Å². The molecule has 1 amide bonds. The van der Waals surface area contributed by atoms with Gasteiger partial charge in [-0.25, -0.2) is 5.43 Å². The lowest BCUT2D eigenvalue weighted by Gasteiger charge is -1.99. The highest BCUT2D eigenvalue weighted by Crippen LogP contribution is 2.19. The molecule has 0 saturated carbocycles. The van der Waals surface area contributed by atoms with Crippen molar-refractivity contribution >= 4 is 28.1 Å². The molecule has 0 heterocycles. The van der Waals surface area contributed by atoms with Crippen LogP contribution in [0.2, 0.25) is 0 Å². The van der Waals surface area contributed by atoms with Crippen molar-refractivity contribution < 1.29 is 15.0 Å². The number of aliphatic hydroxyl groups excluding tert-OH is 1. The van der Waals surface area contributed by atoms with E-state index in [0.717, 1.165) is 4.47 Å². The quantitative estimate of drug-likeness (QED) is 0.557. The molecule has 5 nitrogen and oxygen atoms in total. The van der Waals surface area contributed by atoms with Crippen molar-refractivity contribution in [3.63, 3.8) is 0 Å². The lowest BCUT2D eigenvalue weighted by molar-refractivity contribution is -0.123. The van der Waals surface area contributed by atoms with Gasteiger partial charge in [0.25, 0.3) is 5.91 Å². The average molecular weight is 273 g/mol. The second-order valence-corrected chi connectivity index (χ2v) is 3.57.